The molecule has 0 radical (unpaired) electrons. The number of amides is 1. The van der Waals surface area contributed by atoms with Crippen molar-refractivity contribution in [1.82, 2.24) is 15.5 Å². The van der Waals surface area contributed by atoms with Crippen LogP contribution in [0.5, 0.6) is 11.5 Å². The third kappa shape index (κ3) is 6.02. The Kier molecular flexibility index (Phi) is 7.19. The van der Waals surface area contributed by atoms with Crippen LogP contribution in [0.2, 0.25) is 0 Å². The fourth-order valence-corrected chi connectivity index (χ4v) is 3.30. The number of alkyl halides is 2. The smallest absolute Gasteiger partial charge is 0.387 e. The average Bonchev–Trinajstić information content (AvgIpc) is 3.06. The van der Waals surface area contributed by atoms with Gasteiger partial charge in [0, 0.05) is 13.6 Å². The molecule has 0 saturated carbocycles. The highest BCUT2D eigenvalue weighted by atomic mass is 32.2. The standard InChI is InChI=1S/C14H16F2N4O3S2/c1-17-13-19-20-14(25-13)24-7-11(21)18-6-8-3-4-9(23-12(15)16)10(5-8)22-2/h3-5,12H,6-7H2,1-2H3,(H,17,19)(H,18,21). The molecule has 1 aromatic heterocycles. The maximum atomic E-state index is 12.3. The van der Waals surface area contributed by atoms with Crippen molar-refractivity contribution < 1.29 is 23.0 Å². The maximum absolute atomic E-state index is 12.3. The highest BCUT2D eigenvalue weighted by Crippen LogP contribution is 2.29. The number of hydrogen-bond donors (Lipinski definition) is 2. The van der Waals surface area contributed by atoms with Gasteiger partial charge in [0.25, 0.3) is 0 Å². The fraction of sp³-hybridized carbons (Fsp3) is 0.357. The predicted octanol–water partition coefficient (Wildman–Crippen LogP) is 2.60. The monoisotopic (exact) mass is 390 g/mol. The third-order valence-electron chi connectivity index (χ3n) is 2.88. The Hall–Kier alpha value is -2.14. The number of carbonyl (C=O) groups excluding carboxylic acids is 1. The minimum atomic E-state index is -2.93. The van der Waals surface area contributed by atoms with Crippen LogP contribution in [-0.4, -0.2) is 42.6 Å². The Morgan fingerprint density at radius 2 is 2.16 bits per heavy atom. The summed E-state index contributed by atoms with van der Waals surface area (Å²) in [6, 6.07) is 4.49. The van der Waals surface area contributed by atoms with E-state index >= 15 is 0 Å². The first-order valence-electron chi connectivity index (χ1n) is 7.04. The van der Waals surface area contributed by atoms with Crippen LogP contribution in [0.3, 0.4) is 0 Å². The van der Waals surface area contributed by atoms with E-state index in [1.54, 1.807) is 13.1 Å². The van der Waals surface area contributed by atoms with Crippen molar-refractivity contribution in [3.8, 4) is 11.5 Å². The van der Waals surface area contributed by atoms with Crippen molar-refractivity contribution in [2.24, 2.45) is 0 Å². The van der Waals surface area contributed by atoms with Gasteiger partial charge in [0.05, 0.1) is 12.9 Å². The first kappa shape index (κ1) is 19.2. The summed E-state index contributed by atoms with van der Waals surface area (Å²) in [5.74, 6) is 0.134. The normalized spacial score (nSPS) is 10.6. The molecule has 2 N–H and O–H groups in total. The number of methoxy groups -OCH3 is 1. The van der Waals surface area contributed by atoms with Crippen molar-refractivity contribution in [2.45, 2.75) is 17.5 Å². The molecule has 0 spiro atoms. The number of ether oxygens (including phenoxy) is 2. The van der Waals surface area contributed by atoms with E-state index in [4.69, 9.17) is 4.74 Å². The molecule has 1 heterocycles. The molecular formula is C14H16F2N4O3S2. The Morgan fingerprint density at radius 1 is 1.36 bits per heavy atom. The molecule has 0 aliphatic heterocycles. The van der Waals surface area contributed by atoms with E-state index in [2.05, 4.69) is 25.6 Å². The SMILES string of the molecule is CNc1nnc(SCC(=O)NCc2ccc(OC(F)F)c(OC)c2)s1. The lowest BCUT2D eigenvalue weighted by Crippen LogP contribution is -2.24. The zero-order valence-corrected chi connectivity index (χ0v) is 15.0. The summed E-state index contributed by atoms with van der Waals surface area (Å²) >= 11 is 2.64. The van der Waals surface area contributed by atoms with Gasteiger partial charge in [0.1, 0.15) is 0 Å². The molecule has 0 aliphatic carbocycles. The number of anilines is 1. The van der Waals surface area contributed by atoms with Gasteiger partial charge in [-0.3, -0.25) is 4.79 Å². The fourth-order valence-electron chi connectivity index (χ4n) is 1.76. The zero-order chi connectivity index (χ0) is 18.2. The summed E-state index contributed by atoms with van der Waals surface area (Å²) in [5.41, 5.74) is 0.699. The molecule has 2 aromatic rings. The second-order valence-electron chi connectivity index (χ2n) is 4.55. The molecule has 0 aliphatic rings. The number of carbonyl (C=O) groups is 1. The van der Waals surface area contributed by atoms with Crippen LogP contribution in [0.25, 0.3) is 0 Å². The van der Waals surface area contributed by atoms with Crippen LogP contribution in [0.4, 0.5) is 13.9 Å². The number of thioether (sulfide) groups is 1. The van der Waals surface area contributed by atoms with Gasteiger partial charge >= 0.3 is 6.61 Å². The van der Waals surface area contributed by atoms with Crippen molar-refractivity contribution in [3.63, 3.8) is 0 Å². The second kappa shape index (κ2) is 9.37. The Morgan fingerprint density at radius 3 is 2.80 bits per heavy atom. The summed E-state index contributed by atoms with van der Waals surface area (Å²) in [6.07, 6.45) is 0. The number of rotatable bonds is 9. The van der Waals surface area contributed by atoms with E-state index in [1.807, 2.05) is 0 Å². The summed E-state index contributed by atoms with van der Waals surface area (Å²) in [5, 5.41) is 14.1. The van der Waals surface area contributed by atoms with Crippen molar-refractivity contribution in [1.29, 1.82) is 0 Å². The van der Waals surface area contributed by atoms with Crippen LogP contribution < -0.4 is 20.1 Å². The molecule has 7 nitrogen and oxygen atoms in total. The van der Waals surface area contributed by atoms with Gasteiger partial charge in [-0.1, -0.05) is 29.2 Å². The van der Waals surface area contributed by atoms with Gasteiger partial charge in [-0.15, -0.1) is 10.2 Å². The highest BCUT2D eigenvalue weighted by Gasteiger charge is 2.12. The minimum Gasteiger partial charge on any atom is -0.493 e. The Labute approximate surface area is 151 Å². The molecule has 25 heavy (non-hydrogen) atoms. The molecule has 0 saturated heterocycles. The topological polar surface area (TPSA) is 85.4 Å². The van der Waals surface area contributed by atoms with Crippen molar-refractivity contribution in [2.75, 3.05) is 25.2 Å². The summed E-state index contributed by atoms with van der Waals surface area (Å²) in [6.45, 7) is -2.69. The molecule has 0 atom stereocenters. The van der Waals surface area contributed by atoms with E-state index in [0.29, 0.717) is 15.0 Å². The largest absolute Gasteiger partial charge is 0.493 e. The van der Waals surface area contributed by atoms with E-state index < -0.39 is 6.61 Å². The molecule has 11 heteroatoms. The van der Waals surface area contributed by atoms with Crippen molar-refractivity contribution in [3.05, 3.63) is 23.8 Å². The van der Waals surface area contributed by atoms with Gasteiger partial charge < -0.3 is 20.1 Å². The Bertz CT molecular complexity index is 715. The number of aromatic nitrogens is 2. The first-order valence-corrected chi connectivity index (χ1v) is 8.84. The van der Waals surface area contributed by atoms with E-state index in [0.717, 1.165) is 0 Å². The maximum Gasteiger partial charge on any atom is 0.387 e. The lowest BCUT2D eigenvalue weighted by molar-refractivity contribution is -0.118. The highest BCUT2D eigenvalue weighted by molar-refractivity contribution is 8.01. The number of halogens is 2. The average molecular weight is 390 g/mol. The van der Waals surface area contributed by atoms with Gasteiger partial charge in [-0.25, -0.2) is 0 Å². The van der Waals surface area contributed by atoms with E-state index in [-0.39, 0.29) is 29.7 Å². The second-order valence-corrected chi connectivity index (χ2v) is 6.75. The van der Waals surface area contributed by atoms with E-state index in [9.17, 15) is 13.6 Å². The minimum absolute atomic E-state index is 0.0558. The number of hydrogen-bond acceptors (Lipinski definition) is 8. The molecule has 0 fully saturated rings. The van der Waals surface area contributed by atoms with Crippen LogP contribution >= 0.6 is 23.1 Å². The van der Waals surface area contributed by atoms with Crippen molar-refractivity contribution >= 4 is 34.1 Å². The quantitative estimate of drug-likeness (QED) is 0.637. The number of nitrogens with one attached hydrogen (secondary N) is 2. The summed E-state index contributed by atoms with van der Waals surface area (Å²) < 4.78 is 34.6. The molecule has 0 unspecified atom stereocenters. The van der Waals surface area contributed by atoms with Crippen LogP contribution in [-0.2, 0) is 11.3 Å². The lowest BCUT2D eigenvalue weighted by atomic mass is 10.2. The van der Waals surface area contributed by atoms with Gasteiger partial charge in [-0.05, 0) is 17.7 Å². The lowest BCUT2D eigenvalue weighted by Gasteiger charge is -2.11. The van der Waals surface area contributed by atoms with Gasteiger partial charge in [-0.2, -0.15) is 8.78 Å². The van der Waals surface area contributed by atoms with Gasteiger partial charge in [0.15, 0.2) is 15.8 Å². The third-order valence-corrected chi connectivity index (χ3v) is 4.95. The summed E-state index contributed by atoms with van der Waals surface area (Å²) in [4.78, 5) is 11.9. The van der Waals surface area contributed by atoms with E-state index in [1.165, 1.54) is 42.3 Å². The molecule has 2 rings (SSSR count). The predicted molar refractivity (Wildman–Crippen MR) is 91.7 cm³/mol. The zero-order valence-electron chi connectivity index (χ0n) is 13.4. The van der Waals surface area contributed by atoms with Crippen LogP contribution in [0.15, 0.2) is 22.5 Å². The summed E-state index contributed by atoms with van der Waals surface area (Å²) in [7, 11) is 3.10. The number of nitrogens with zero attached hydrogens (tertiary/aromatic N) is 2. The van der Waals surface area contributed by atoms with Gasteiger partial charge in [0.2, 0.25) is 11.0 Å². The molecule has 1 aromatic carbocycles. The number of benzene rings is 1. The Balaban J connectivity index is 1.84. The first-order chi connectivity index (χ1) is 12.0. The molecular weight excluding hydrogens is 374 g/mol. The molecule has 136 valence electrons. The molecule has 1 amide bonds. The van der Waals surface area contributed by atoms with Crippen LogP contribution in [0.1, 0.15) is 5.56 Å². The molecule has 0 bridgehead atoms. The van der Waals surface area contributed by atoms with Crippen LogP contribution in [0, 0.1) is 0 Å².